The van der Waals surface area contributed by atoms with Crippen LogP contribution in [-0.4, -0.2) is 18.7 Å². The smallest absolute Gasteiger partial charge is 0.387 e. The highest BCUT2D eigenvalue weighted by molar-refractivity contribution is 5.40. The van der Waals surface area contributed by atoms with Crippen LogP contribution in [0.25, 0.3) is 0 Å². The molecule has 20 heavy (non-hydrogen) atoms. The first-order chi connectivity index (χ1) is 9.69. The van der Waals surface area contributed by atoms with E-state index >= 15 is 0 Å². The van der Waals surface area contributed by atoms with Crippen LogP contribution in [0.1, 0.15) is 11.3 Å². The Morgan fingerprint density at radius 1 is 1.35 bits per heavy atom. The van der Waals surface area contributed by atoms with Crippen molar-refractivity contribution in [2.45, 2.75) is 19.7 Å². The van der Waals surface area contributed by atoms with E-state index in [1.807, 2.05) is 0 Å². The van der Waals surface area contributed by atoms with Crippen molar-refractivity contribution in [2.75, 3.05) is 7.11 Å². The maximum Gasteiger partial charge on any atom is 0.387 e. The molecule has 0 spiro atoms. The summed E-state index contributed by atoms with van der Waals surface area (Å²) in [6.07, 6.45) is 2.84. The molecule has 2 rings (SSSR count). The van der Waals surface area contributed by atoms with Gasteiger partial charge in [-0.2, -0.15) is 8.78 Å². The molecular weight excluding hydrogens is 270 g/mol. The SMILES string of the molecule is COc1ccc(OC(F)F)c(CNCc2cocn2)c1. The topological polar surface area (TPSA) is 56.5 Å². The molecule has 1 heterocycles. The first-order valence-electron chi connectivity index (χ1n) is 5.88. The zero-order chi connectivity index (χ0) is 14.4. The molecule has 1 N–H and O–H groups in total. The summed E-state index contributed by atoms with van der Waals surface area (Å²) >= 11 is 0. The fourth-order valence-electron chi connectivity index (χ4n) is 1.68. The Morgan fingerprint density at radius 3 is 2.85 bits per heavy atom. The molecule has 0 radical (unpaired) electrons. The van der Waals surface area contributed by atoms with E-state index in [4.69, 9.17) is 9.15 Å². The van der Waals surface area contributed by atoms with Gasteiger partial charge in [0, 0.05) is 18.7 Å². The summed E-state index contributed by atoms with van der Waals surface area (Å²) in [6.45, 7) is -2.06. The summed E-state index contributed by atoms with van der Waals surface area (Å²) in [5.74, 6) is 0.693. The number of rotatable bonds is 7. The Hall–Kier alpha value is -2.15. The van der Waals surface area contributed by atoms with Crippen molar-refractivity contribution in [1.29, 1.82) is 0 Å². The Balaban J connectivity index is 2.02. The number of alkyl halides is 2. The molecule has 0 aliphatic carbocycles. The summed E-state index contributed by atoms with van der Waals surface area (Å²) in [5.41, 5.74) is 1.30. The monoisotopic (exact) mass is 284 g/mol. The third kappa shape index (κ3) is 3.92. The molecule has 2 aromatic rings. The molecule has 1 aromatic heterocycles. The lowest BCUT2D eigenvalue weighted by atomic mass is 10.2. The van der Waals surface area contributed by atoms with Crippen molar-refractivity contribution in [3.8, 4) is 11.5 Å². The van der Waals surface area contributed by atoms with Crippen LogP contribution in [0.3, 0.4) is 0 Å². The number of benzene rings is 1. The van der Waals surface area contributed by atoms with Gasteiger partial charge in [-0.3, -0.25) is 0 Å². The standard InChI is InChI=1S/C13H14F2N2O3/c1-18-11-2-3-12(20-13(14)15)9(4-11)5-16-6-10-7-19-8-17-10/h2-4,7-8,13,16H,5-6H2,1H3. The summed E-state index contributed by atoms with van der Waals surface area (Å²) < 4.78 is 39.0. The lowest BCUT2D eigenvalue weighted by Gasteiger charge is -2.12. The maximum atomic E-state index is 12.3. The molecule has 108 valence electrons. The maximum absolute atomic E-state index is 12.3. The lowest BCUT2D eigenvalue weighted by molar-refractivity contribution is -0.0505. The van der Waals surface area contributed by atoms with Gasteiger partial charge in [0.2, 0.25) is 0 Å². The number of oxazole rings is 1. The van der Waals surface area contributed by atoms with Gasteiger partial charge in [0.15, 0.2) is 6.39 Å². The second-order valence-electron chi connectivity index (χ2n) is 3.94. The molecule has 1 aromatic carbocycles. The minimum Gasteiger partial charge on any atom is -0.497 e. The highest BCUT2D eigenvalue weighted by atomic mass is 19.3. The Kier molecular flexibility index (Phi) is 4.89. The average molecular weight is 284 g/mol. The van der Waals surface area contributed by atoms with Crippen LogP contribution in [0.5, 0.6) is 11.5 Å². The molecule has 0 atom stereocenters. The Morgan fingerprint density at radius 2 is 2.20 bits per heavy atom. The molecule has 0 amide bonds. The molecule has 0 bridgehead atoms. The van der Waals surface area contributed by atoms with Gasteiger partial charge in [0.25, 0.3) is 0 Å². The molecule has 0 aliphatic heterocycles. The third-order valence-electron chi connectivity index (χ3n) is 2.59. The van der Waals surface area contributed by atoms with E-state index in [1.165, 1.54) is 25.8 Å². The van der Waals surface area contributed by atoms with Gasteiger partial charge in [-0.15, -0.1) is 0 Å². The van der Waals surface area contributed by atoms with E-state index in [-0.39, 0.29) is 5.75 Å². The largest absolute Gasteiger partial charge is 0.497 e. The number of hydrogen-bond donors (Lipinski definition) is 1. The number of nitrogens with one attached hydrogen (secondary N) is 1. The van der Waals surface area contributed by atoms with Gasteiger partial charge in [-0.05, 0) is 18.2 Å². The summed E-state index contributed by atoms with van der Waals surface area (Å²) in [7, 11) is 1.51. The van der Waals surface area contributed by atoms with E-state index in [0.717, 1.165) is 5.69 Å². The van der Waals surface area contributed by atoms with Crippen molar-refractivity contribution in [3.63, 3.8) is 0 Å². The highest BCUT2D eigenvalue weighted by Crippen LogP contribution is 2.25. The molecule has 0 saturated heterocycles. The summed E-state index contributed by atoms with van der Waals surface area (Å²) in [5, 5.41) is 3.07. The van der Waals surface area contributed by atoms with E-state index in [9.17, 15) is 8.78 Å². The fraction of sp³-hybridized carbons (Fsp3) is 0.308. The van der Waals surface area contributed by atoms with Crippen molar-refractivity contribution in [1.82, 2.24) is 10.3 Å². The fourth-order valence-corrected chi connectivity index (χ4v) is 1.68. The summed E-state index contributed by atoms with van der Waals surface area (Å²) in [4.78, 5) is 3.95. The molecule has 7 heteroatoms. The number of halogens is 2. The zero-order valence-electron chi connectivity index (χ0n) is 10.8. The van der Waals surface area contributed by atoms with Crippen molar-refractivity contribution < 1.29 is 22.7 Å². The normalized spacial score (nSPS) is 10.8. The van der Waals surface area contributed by atoms with Crippen LogP contribution in [0.2, 0.25) is 0 Å². The number of ether oxygens (including phenoxy) is 2. The summed E-state index contributed by atoms with van der Waals surface area (Å²) in [6, 6.07) is 4.67. The van der Waals surface area contributed by atoms with Crippen LogP contribution in [0, 0.1) is 0 Å². The Labute approximate surface area is 114 Å². The Bertz CT molecular complexity index is 532. The first-order valence-corrected chi connectivity index (χ1v) is 5.88. The predicted molar refractivity (Wildman–Crippen MR) is 66.7 cm³/mol. The molecule has 0 aliphatic rings. The number of hydrogen-bond acceptors (Lipinski definition) is 5. The minimum absolute atomic E-state index is 0.119. The minimum atomic E-state index is -2.86. The van der Waals surface area contributed by atoms with Crippen LogP contribution < -0.4 is 14.8 Å². The quantitative estimate of drug-likeness (QED) is 0.847. The van der Waals surface area contributed by atoms with Gasteiger partial charge in [-0.1, -0.05) is 0 Å². The van der Waals surface area contributed by atoms with Gasteiger partial charge < -0.3 is 19.2 Å². The number of methoxy groups -OCH3 is 1. The van der Waals surface area contributed by atoms with Crippen LogP contribution in [-0.2, 0) is 13.1 Å². The third-order valence-corrected chi connectivity index (χ3v) is 2.59. The molecule has 0 unspecified atom stereocenters. The molecule has 0 fully saturated rings. The van der Waals surface area contributed by atoms with Gasteiger partial charge >= 0.3 is 6.61 Å². The first kappa shape index (κ1) is 14.3. The second kappa shape index (κ2) is 6.85. The second-order valence-corrected chi connectivity index (χ2v) is 3.94. The average Bonchev–Trinajstić information content (AvgIpc) is 2.93. The number of aromatic nitrogens is 1. The van der Waals surface area contributed by atoms with Crippen LogP contribution in [0.15, 0.2) is 35.3 Å². The molecule has 0 saturated carbocycles. The van der Waals surface area contributed by atoms with Crippen molar-refractivity contribution in [3.05, 3.63) is 42.1 Å². The van der Waals surface area contributed by atoms with E-state index in [1.54, 1.807) is 12.1 Å². The van der Waals surface area contributed by atoms with E-state index in [0.29, 0.717) is 24.4 Å². The van der Waals surface area contributed by atoms with Gasteiger partial charge in [-0.25, -0.2) is 4.98 Å². The molecular formula is C13H14F2N2O3. The predicted octanol–water partition coefficient (Wildman–Crippen LogP) is 2.57. The van der Waals surface area contributed by atoms with Gasteiger partial charge in [0.1, 0.15) is 17.8 Å². The van der Waals surface area contributed by atoms with Gasteiger partial charge in [0.05, 0.1) is 12.8 Å². The van der Waals surface area contributed by atoms with E-state index < -0.39 is 6.61 Å². The highest BCUT2D eigenvalue weighted by Gasteiger charge is 2.11. The lowest BCUT2D eigenvalue weighted by Crippen LogP contribution is -2.14. The van der Waals surface area contributed by atoms with Crippen molar-refractivity contribution >= 4 is 0 Å². The zero-order valence-corrected chi connectivity index (χ0v) is 10.8. The van der Waals surface area contributed by atoms with Crippen LogP contribution in [0.4, 0.5) is 8.78 Å². The van der Waals surface area contributed by atoms with Crippen LogP contribution >= 0.6 is 0 Å². The van der Waals surface area contributed by atoms with Crippen molar-refractivity contribution in [2.24, 2.45) is 0 Å². The van der Waals surface area contributed by atoms with E-state index in [2.05, 4.69) is 15.0 Å². The molecule has 5 nitrogen and oxygen atoms in total. The number of nitrogens with zero attached hydrogens (tertiary/aromatic N) is 1.